The molecule has 1 aliphatic carbocycles. The summed E-state index contributed by atoms with van der Waals surface area (Å²) in [4.78, 5) is 11.8. The van der Waals surface area contributed by atoms with Crippen LogP contribution in [0.2, 0.25) is 0 Å². The van der Waals surface area contributed by atoms with Gasteiger partial charge >= 0.3 is 0 Å². The highest BCUT2D eigenvalue weighted by atomic mass is 32.1. The van der Waals surface area contributed by atoms with E-state index in [9.17, 15) is 4.79 Å². The van der Waals surface area contributed by atoms with Gasteiger partial charge in [0, 0.05) is 6.04 Å². The Labute approximate surface area is 67.8 Å². The predicted octanol–water partition coefficient (Wildman–Crippen LogP) is 0.430. The molecule has 0 aliphatic heterocycles. The van der Waals surface area contributed by atoms with Gasteiger partial charge in [-0.25, -0.2) is 0 Å². The van der Waals surface area contributed by atoms with Gasteiger partial charge in [-0.15, -0.1) is 5.10 Å². The molecule has 0 aromatic carbocycles. The Balaban J connectivity index is 1.99. The molecule has 58 valence electrons. The minimum atomic E-state index is -0.0394. The number of carbonyl (C=O) groups is 1. The molecule has 1 aliphatic rings. The van der Waals surface area contributed by atoms with Gasteiger partial charge in [0.15, 0.2) is 0 Å². The quantitative estimate of drug-likeness (QED) is 0.698. The van der Waals surface area contributed by atoms with Crippen LogP contribution in [-0.2, 0) is 0 Å². The van der Waals surface area contributed by atoms with E-state index < -0.39 is 0 Å². The molecule has 4 nitrogen and oxygen atoms in total. The van der Waals surface area contributed by atoms with E-state index in [1.807, 2.05) is 0 Å². The van der Waals surface area contributed by atoms with Crippen molar-refractivity contribution in [1.82, 2.24) is 14.9 Å². The highest BCUT2D eigenvalue weighted by Gasteiger charge is 2.24. The summed E-state index contributed by atoms with van der Waals surface area (Å²) in [5, 5.41) is 6.43. The Morgan fingerprint density at radius 1 is 1.73 bits per heavy atom. The number of amides is 1. The van der Waals surface area contributed by atoms with Gasteiger partial charge in [0.2, 0.25) is 0 Å². The van der Waals surface area contributed by atoms with Crippen molar-refractivity contribution < 1.29 is 4.79 Å². The average Bonchev–Trinajstić information content (AvgIpc) is 2.67. The van der Waals surface area contributed by atoms with Crippen molar-refractivity contribution in [3.8, 4) is 0 Å². The normalized spacial score (nSPS) is 16.4. The van der Waals surface area contributed by atoms with Gasteiger partial charge in [-0.1, -0.05) is 4.49 Å². The zero-order valence-corrected chi connectivity index (χ0v) is 6.60. The minimum absolute atomic E-state index is 0.0394. The fourth-order valence-electron chi connectivity index (χ4n) is 0.751. The Hall–Kier alpha value is -0.970. The third-order valence-electron chi connectivity index (χ3n) is 1.50. The molecule has 1 fully saturated rings. The molecule has 0 unspecified atom stereocenters. The summed E-state index contributed by atoms with van der Waals surface area (Å²) < 4.78 is 3.60. The highest BCUT2D eigenvalue weighted by Crippen LogP contribution is 2.19. The second-order valence-electron chi connectivity index (χ2n) is 2.53. The number of carbonyl (C=O) groups excluding carboxylic acids is 1. The predicted molar refractivity (Wildman–Crippen MR) is 40.4 cm³/mol. The summed E-state index contributed by atoms with van der Waals surface area (Å²) in [6, 6.07) is 0.407. The molecule has 2 rings (SSSR count). The molecule has 0 bridgehead atoms. The summed E-state index contributed by atoms with van der Waals surface area (Å²) in [5.74, 6) is -0.0394. The Kier molecular flexibility index (Phi) is 1.58. The molecule has 1 N–H and O–H groups in total. The number of hydrogen-bond acceptors (Lipinski definition) is 4. The van der Waals surface area contributed by atoms with Crippen LogP contribution in [0.3, 0.4) is 0 Å². The molecule has 5 heteroatoms. The molecule has 1 amide bonds. The van der Waals surface area contributed by atoms with Crippen LogP contribution in [0.15, 0.2) is 6.20 Å². The fraction of sp³-hybridized carbons (Fsp3) is 0.500. The van der Waals surface area contributed by atoms with E-state index in [4.69, 9.17) is 0 Å². The molecular weight excluding hydrogens is 162 g/mol. The molecule has 1 aromatic heterocycles. The zero-order valence-electron chi connectivity index (χ0n) is 5.78. The van der Waals surface area contributed by atoms with E-state index in [0.29, 0.717) is 10.9 Å². The fourth-order valence-corrected chi connectivity index (χ4v) is 1.17. The number of nitrogens with one attached hydrogen (secondary N) is 1. The third-order valence-corrected chi connectivity index (χ3v) is 2.16. The van der Waals surface area contributed by atoms with E-state index in [2.05, 4.69) is 14.9 Å². The van der Waals surface area contributed by atoms with E-state index in [0.717, 1.165) is 24.4 Å². The van der Waals surface area contributed by atoms with Crippen LogP contribution >= 0.6 is 11.5 Å². The van der Waals surface area contributed by atoms with Crippen LogP contribution in [0.5, 0.6) is 0 Å². The van der Waals surface area contributed by atoms with Crippen LogP contribution in [0.4, 0.5) is 0 Å². The maximum Gasteiger partial charge on any atom is 0.264 e. The van der Waals surface area contributed by atoms with Gasteiger partial charge in [0.05, 0.1) is 6.20 Å². The lowest BCUT2D eigenvalue weighted by Gasteiger charge is -1.96. The van der Waals surface area contributed by atoms with Crippen molar-refractivity contribution in [3.05, 3.63) is 11.1 Å². The van der Waals surface area contributed by atoms with Crippen LogP contribution in [0.25, 0.3) is 0 Å². The molecular formula is C6H7N3OS. The number of aromatic nitrogens is 2. The summed E-state index contributed by atoms with van der Waals surface area (Å²) >= 11 is 1.13. The SMILES string of the molecule is O=C(NC1CC1)c1cnns1. The van der Waals surface area contributed by atoms with Gasteiger partial charge in [-0.05, 0) is 24.4 Å². The summed E-state index contributed by atoms with van der Waals surface area (Å²) in [6.45, 7) is 0. The molecule has 0 radical (unpaired) electrons. The Bertz CT molecular complexity index is 255. The monoisotopic (exact) mass is 169 g/mol. The topological polar surface area (TPSA) is 54.9 Å². The molecule has 0 spiro atoms. The molecule has 0 saturated heterocycles. The molecule has 1 heterocycles. The van der Waals surface area contributed by atoms with E-state index in [-0.39, 0.29) is 5.91 Å². The van der Waals surface area contributed by atoms with E-state index in [1.165, 1.54) is 6.20 Å². The second-order valence-corrected chi connectivity index (χ2v) is 3.32. The number of rotatable bonds is 2. The van der Waals surface area contributed by atoms with Crippen LogP contribution < -0.4 is 5.32 Å². The maximum atomic E-state index is 11.2. The van der Waals surface area contributed by atoms with Gasteiger partial charge in [-0.2, -0.15) is 0 Å². The third kappa shape index (κ3) is 1.54. The number of hydrogen-bond donors (Lipinski definition) is 1. The lowest BCUT2D eigenvalue weighted by Crippen LogP contribution is -2.24. The molecule has 11 heavy (non-hydrogen) atoms. The lowest BCUT2D eigenvalue weighted by molar-refractivity contribution is 0.0955. The molecule has 1 saturated carbocycles. The van der Waals surface area contributed by atoms with Crippen molar-refractivity contribution in [2.24, 2.45) is 0 Å². The van der Waals surface area contributed by atoms with Gasteiger partial charge in [-0.3, -0.25) is 4.79 Å². The lowest BCUT2D eigenvalue weighted by atomic mass is 10.5. The zero-order chi connectivity index (χ0) is 7.68. The molecule has 1 aromatic rings. The first-order valence-electron chi connectivity index (χ1n) is 3.44. The first-order chi connectivity index (χ1) is 5.36. The molecule has 0 atom stereocenters. The minimum Gasteiger partial charge on any atom is -0.349 e. The van der Waals surface area contributed by atoms with Crippen LogP contribution in [0, 0.1) is 0 Å². The average molecular weight is 169 g/mol. The second kappa shape index (κ2) is 2.58. The Morgan fingerprint density at radius 2 is 2.55 bits per heavy atom. The van der Waals surface area contributed by atoms with E-state index >= 15 is 0 Å². The summed E-state index contributed by atoms with van der Waals surface area (Å²) in [6.07, 6.45) is 3.71. The highest BCUT2D eigenvalue weighted by molar-refractivity contribution is 7.07. The van der Waals surface area contributed by atoms with Crippen molar-refractivity contribution in [2.45, 2.75) is 18.9 Å². The van der Waals surface area contributed by atoms with Gasteiger partial charge in [0.25, 0.3) is 5.91 Å². The number of nitrogens with zero attached hydrogens (tertiary/aromatic N) is 2. The first-order valence-corrected chi connectivity index (χ1v) is 4.22. The Morgan fingerprint density at radius 3 is 3.09 bits per heavy atom. The van der Waals surface area contributed by atoms with Crippen molar-refractivity contribution >= 4 is 17.4 Å². The smallest absolute Gasteiger partial charge is 0.264 e. The maximum absolute atomic E-state index is 11.2. The standard InChI is InChI=1S/C6H7N3OS/c10-6(8-4-1-2-4)5-3-7-9-11-5/h3-4H,1-2H2,(H,8,10). The van der Waals surface area contributed by atoms with Crippen LogP contribution in [0.1, 0.15) is 22.5 Å². The van der Waals surface area contributed by atoms with Gasteiger partial charge < -0.3 is 5.32 Å². The van der Waals surface area contributed by atoms with Crippen molar-refractivity contribution in [3.63, 3.8) is 0 Å². The van der Waals surface area contributed by atoms with Crippen molar-refractivity contribution in [1.29, 1.82) is 0 Å². The summed E-state index contributed by atoms with van der Waals surface area (Å²) in [7, 11) is 0. The van der Waals surface area contributed by atoms with Crippen LogP contribution in [-0.4, -0.2) is 21.5 Å². The first kappa shape index (κ1) is 6.72. The largest absolute Gasteiger partial charge is 0.349 e. The van der Waals surface area contributed by atoms with Crippen molar-refractivity contribution in [2.75, 3.05) is 0 Å². The summed E-state index contributed by atoms with van der Waals surface area (Å²) in [5.41, 5.74) is 0. The van der Waals surface area contributed by atoms with Gasteiger partial charge in [0.1, 0.15) is 4.88 Å². The van der Waals surface area contributed by atoms with E-state index in [1.54, 1.807) is 0 Å².